The second kappa shape index (κ2) is 7.47. The van der Waals surface area contributed by atoms with Crippen molar-refractivity contribution < 1.29 is 19.2 Å². The summed E-state index contributed by atoms with van der Waals surface area (Å²) in [5.74, 6) is -1.45. The summed E-state index contributed by atoms with van der Waals surface area (Å²) >= 11 is 5.85. The summed E-state index contributed by atoms with van der Waals surface area (Å²) in [6.07, 6.45) is 2.63. The Bertz CT molecular complexity index is 794. The number of nitrogens with one attached hydrogen (secondary N) is 1. The zero-order valence-corrected chi connectivity index (χ0v) is 13.1. The smallest absolute Gasteiger partial charge is 0.359 e. The van der Waals surface area contributed by atoms with Crippen molar-refractivity contribution in [2.24, 2.45) is 0 Å². The van der Waals surface area contributed by atoms with E-state index < -0.39 is 23.4 Å². The van der Waals surface area contributed by atoms with E-state index in [1.165, 1.54) is 24.5 Å². The van der Waals surface area contributed by atoms with Crippen LogP contribution in [0.5, 0.6) is 0 Å². The Hall–Kier alpha value is -3.07. The van der Waals surface area contributed by atoms with Crippen LogP contribution in [-0.2, 0) is 9.53 Å². The Morgan fingerprint density at radius 3 is 2.67 bits per heavy atom. The molecule has 0 saturated carbocycles. The minimum Gasteiger partial charge on any atom is -0.451 e. The summed E-state index contributed by atoms with van der Waals surface area (Å²) in [6, 6.07) is 3.58. The van der Waals surface area contributed by atoms with Crippen LogP contribution in [0.1, 0.15) is 16.2 Å². The van der Waals surface area contributed by atoms with E-state index in [1.807, 2.05) is 0 Å². The molecule has 0 aliphatic heterocycles. The number of ether oxygens (including phenoxy) is 1. The third-order valence-corrected chi connectivity index (χ3v) is 3.07. The molecule has 0 aliphatic carbocycles. The van der Waals surface area contributed by atoms with E-state index in [4.69, 9.17) is 16.3 Å². The molecule has 24 heavy (non-hydrogen) atoms. The highest BCUT2D eigenvalue weighted by atomic mass is 35.5. The van der Waals surface area contributed by atoms with Gasteiger partial charge in [0.15, 0.2) is 12.3 Å². The monoisotopic (exact) mass is 350 g/mol. The Labute approximate surface area is 140 Å². The van der Waals surface area contributed by atoms with Gasteiger partial charge in [-0.2, -0.15) is 0 Å². The predicted molar refractivity (Wildman–Crippen MR) is 83.8 cm³/mol. The summed E-state index contributed by atoms with van der Waals surface area (Å²) in [5, 5.41) is 13.0. The van der Waals surface area contributed by atoms with Crippen molar-refractivity contribution in [3.63, 3.8) is 0 Å². The molecule has 1 heterocycles. The van der Waals surface area contributed by atoms with Gasteiger partial charge < -0.3 is 10.1 Å². The lowest BCUT2D eigenvalue weighted by atomic mass is 10.3. The second-order valence-corrected chi connectivity index (χ2v) is 5.00. The van der Waals surface area contributed by atoms with Gasteiger partial charge in [0.25, 0.3) is 11.6 Å². The lowest BCUT2D eigenvalue weighted by Crippen LogP contribution is -2.21. The number of hydrogen-bond acceptors (Lipinski definition) is 7. The Balaban J connectivity index is 1.92. The number of nitro benzene ring substituents is 1. The number of nitrogens with zero attached hydrogens (tertiary/aromatic N) is 3. The first-order valence-corrected chi connectivity index (χ1v) is 6.94. The molecule has 1 amide bonds. The average Bonchev–Trinajstić information content (AvgIpc) is 2.55. The van der Waals surface area contributed by atoms with Crippen molar-refractivity contribution in [3.05, 3.63) is 57.1 Å². The summed E-state index contributed by atoms with van der Waals surface area (Å²) in [4.78, 5) is 41.2. The first-order valence-electron chi connectivity index (χ1n) is 6.56. The molecule has 9 nitrogen and oxygen atoms in total. The third kappa shape index (κ3) is 4.46. The van der Waals surface area contributed by atoms with Gasteiger partial charge in [-0.15, -0.1) is 0 Å². The van der Waals surface area contributed by atoms with E-state index in [2.05, 4.69) is 15.3 Å². The lowest BCUT2D eigenvalue weighted by molar-refractivity contribution is -0.384. The maximum Gasteiger partial charge on any atom is 0.359 e. The summed E-state index contributed by atoms with van der Waals surface area (Å²) in [7, 11) is 0. The minimum atomic E-state index is -0.799. The Morgan fingerprint density at radius 2 is 2.08 bits per heavy atom. The highest BCUT2D eigenvalue weighted by Crippen LogP contribution is 2.26. The number of non-ortho nitro benzene ring substituents is 1. The van der Waals surface area contributed by atoms with Crippen molar-refractivity contribution in [2.75, 3.05) is 11.9 Å². The van der Waals surface area contributed by atoms with Crippen LogP contribution in [0.3, 0.4) is 0 Å². The largest absolute Gasteiger partial charge is 0.451 e. The lowest BCUT2D eigenvalue weighted by Gasteiger charge is -2.07. The topological polar surface area (TPSA) is 124 Å². The minimum absolute atomic E-state index is 0.00622. The van der Waals surface area contributed by atoms with Gasteiger partial charge in [-0.25, -0.2) is 9.78 Å². The SMILES string of the molecule is Cc1cnc(C(=O)OCC(=O)Nc2ccc([N+](=O)[O-])cc2Cl)cn1. The molecule has 0 aliphatic rings. The van der Waals surface area contributed by atoms with E-state index in [-0.39, 0.29) is 22.1 Å². The van der Waals surface area contributed by atoms with E-state index in [0.717, 1.165) is 6.07 Å². The van der Waals surface area contributed by atoms with Gasteiger partial charge in [0, 0.05) is 18.3 Å². The van der Waals surface area contributed by atoms with Gasteiger partial charge in [-0.1, -0.05) is 11.6 Å². The highest BCUT2D eigenvalue weighted by molar-refractivity contribution is 6.34. The summed E-state index contributed by atoms with van der Waals surface area (Å²) in [5.41, 5.74) is 0.569. The number of anilines is 1. The van der Waals surface area contributed by atoms with Gasteiger partial charge in [-0.3, -0.25) is 19.9 Å². The number of aromatic nitrogens is 2. The van der Waals surface area contributed by atoms with Crippen LogP contribution in [0, 0.1) is 17.0 Å². The number of benzene rings is 1. The molecule has 124 valence electrons. The van der Waals surface area contributed by atoms with Crippen LogP contribution in [0.4, 0.5) is 11.4 Å². The maximum atomic E-state index is 11.8. The molecule has 1 aromatic carbocycles. The standard InChI is InChI=1S/C14H11ClN4O5/c1-8-5-17-12(6-16-8)14(21)24-7-13(20)18-11-3-2-9(19(22)23)4-10(11)15/h2-6H,7H2,1H3,(H,18,20). The molecule has 0 spiro atoms. The average molecular weight is 351 g/mol. The number of nitro groups is 1. The van der Waals surface area contributed by atoms with Crippen LogP contribution >= 0.6 is 11.6 Å². The van der Waals surface area contributed by atoms with Crippen molar-refractivity contribution in [1.82, 2.24) is 9.97 Å². The van der Waals surface area contributed by atoms with Crippen LogP contribution < -0.4 is 5.32 Å². The van der Waals surface area contributed by atoms with Crippen molar-refractivity contribution >= 4 is 34.9 Å². The molecule has 0 bridgehead atoms. The number of rotatable bonds is 5. The fourth-order valence-electron chi connectivity index (χ4n) is 1.61. The molecule has 2 aromatic rings. The number of carbonyl (C=O) groups excluding carboxylic acids is 2. The van der Waals surface area contributed by atoms with Gasteiger partial charge >= 0.3 is 5.97 Å². The first-order chi connectivity index (χ1) is 11.4. The van der Waals surface area contributed by atoms with E-state index >= 15 is 0 Å². The molecule has 0 saturated heterocycles. The molecular weight excluding hydrogens is 340 g/mol. The van der Waals surface area contributed by atoms with Crippen LogP contribution in [0.25, 0.3) is 0 Å². The Kier molecular flexibility index (Phi) is 5.38. The third-order valence-electron chi connectivity index (χ3n) is 2.76. The molecule has 1 N–H and O–H groups in total. The fraction of sp³-hybridized carbons (Fsp3) is 0.143. The fourth-order valence-corrected chi connectivity index (χ4v) is 1.83. The van der Waals surface area contributed by atoms with Gasteiger partial charge in [-0.05, 0) is 13.0 Å². The van der Waals surface area contributed by atoms with E-state index in [9.17, 15) is 19.7 Å². The number of hydrogen-bond donors (Lipinski definition) is 1. The molecule has 0 fully saturated rings. The van der Waals surface area contributed by atoms with E-state index in [1.54, 1.807) is 6.92 Å². The molecule has 10 heteroatoms. The van der Waals surface area contributed by atoms with Crippen LogP contribution in [0.2, 0.25) is 5.02 Å². The van der Waals surface area contributed by atoms with Crippen molar-refractivity contribution in [2.45, 2.75) is 6.92 Å². The van der Waals surface area contributed by atoms with Gasteiger partial charge in [0.1, 0.15) is 0 Å². The first kappa shape index (κ1) is 17.3. The molecule has 0 radical (unpaired) electrons. The Morgan fingerprint density at radius 1 is 1.33 bits per heavy atom. The molecule has 1 aromatic heterocycles. The van der Waals surface area contributed by atoms with Crippen LogP contribution in [-0.4, -0.2) is 33.4 Å². The van der Waals surface area contributed by atoms with Gasteiger partial charge in [0.05, 0.1) is 27.5 Å². The van der Waals surface area contributed by atoms with Crippen molar-refractivity contribution in [1.29, 1.82) is 0 Å². The summed E-state index contributed by atoms with van der Waals surface area (Å²) in [6.45, 7) is 1.14. The predicted octanol–water partition coefficient (Wildman–Crippen LogP) is 2.14. The molecule has 2 rings (SSSR count). The summed E-state index contributed by atoms with van der Waals surface area (Å²) < 4.78 is 4.80. The highest BCUT2D eigenvalue weighted by Gasteiger charge is 2.14. The zero-order chi connectivity index (χ0) is 17.7. The molecular formula is C14H11ClN4O5. The maximum absolute atomic E-state index is 11.8. The van der Waals surface area contributed by atoms with E-state index in [0.29, 0.717) is 5.69 Å². The number of esters is 1. The van der Waals surface area contributed by atoms with Gasteiger partial charge in [0.2, 0.25) is 0 Å². The molecule has 0 unspecified atom stereocenters. The number of carbonyl (C=O) groups is 2. The van der Waals surface area contributed by atoms with Crippen molar-refractivity contribution in [3.8, 4) is 0 Å². The second-order valence-electron chi connectivity index (χ2n) is 4.59. The zero-order valence-electron chi connectivity index (χ0n) is 12.4. The quantitative estimate of drug-likeness (QED) is 0.497. The number of aryl methyl sites for hydroxylation is 1. The number of halogens is 1. The van der Waals surface area contributed by atoms with Crippen LogP contribution in [0.15, 0.2) is 30.6 Å². The number of amides is 1. The normalized spacial score (nSPS) is 10.1. The molecule has 0 atom stereocenters.